The molecule has 3 amide bonds. The van der Waals surface area contributed by atoms with Crippen LogP contribution in [0.1, 0.15) is 31.9 Å². The van der Waals surface area contributed by atoms with Crippen molar-refractivity contribution in [1.82, 2.24) is 16.0 Å². The second-order valence-corrected chi connectivity index (χ2v) is 8.43. The van der Waals surface area contributed by atoms with Crippen molar-refractivity contribution in [2.75, 3.05) is 7.11 Å². The molecule has 0 unspecified atom stereocenters. The number of hydrogen-bond donors (Lipinski definition) is 3. The van der Waals surface area contributed by atoms with Crippen molar-refractivity contribution in [3.63, 3.8) is 0 Å². The SMILES string of the molecule is COC(=O)[C@@H](NC(=O)[C@H](Cc1ccccc1)NC(=O)[C@@H](C)NC(=O)OCc1ccccc1)C(C)C. The second kappa shape index (κ2) is 13.7. The predicted molar refractivity (Wildman–Crippen MR) is 130 cm³/mol. The van der Waals surface area contributed by atoms with Crippen molar-refractivity contribution in [2.24, 2.45) is 5.92 Å². The molecule has 2 aromatic carbocycles. The number of alkyl carbamates (subject to hydrolysis) is 1. The number of rotatable bonds is 11. The highest BCUT2D eigenvalue weighted by Crippen LogP contribution is 2.08. The fourth-order valence-corrected chi connectivity index (χ4v) is 3.24. The van der Waals surface area contributed by atoms with Gasteiger partial charge in [0.25, 0.3) is 0 Å². The van der Waals surface area contributed by atoms with E-state index < -0.39 is 42.0 Å². The average Bonchev–Trinajstić information content (AvgIpc) is 2.86. The number of amides is 3. The summed E-state index contributed by atoms with van der Waals surface area (Å²) >= 11 is 0. The third-order valence-corrected chi connectivity index (χ3v) is 5.28. The number of carbonyl (C=O) groups excluding carboxylic acids is 4. The molecule has 0 radical (unpaired) electrons. The molecule has 9 heteroatoms. The fourth-order valence-electron chi connectivity index (χ4n) is 3.24. The monoisotopic (exact) mass is 483 g/mol. The minimum Gasteiger partial charge on any atom is -0.467 e. The van der Waals surface area contributed by atoms with Crippen molar-refractivity contribution in [3.8, 4) is 0 Å². The van der Waals surface area contributed by atoms with Gasteiger partial charge in [-0.25, -0.2) is 9.59 Å². The van der Waals surface area contributed by atoms with Crippen LogP contribution in [0.25, 0.3) is 0 Å². The Morgan fingerprint density at radius 1 is 0.771 bits per heavy atom. The van der Waals surface area contributed by atoms with E-state index in [9.17, 15) is 19.2 Å². The highest BCUT2D eigenvalue weighted by atomic mass is 16.5. The van der Waals surface area contributed by atoms with Crippen LogP contribution in [0.5, 0.6) is 0 Å². The van der Waals surface area contributed by atoms with Crippen LogP contribution < -0.4 is 16.0 Å². The lowest BCUT2D eigenvalue weighted by Gasteiger charge is -2.25. The molecule has 2 aromatic rings. The van der Waals surface area contributed by atoms with Crippen LogP contribution in [-0.4, -0.2) is 49.1 Å². The predicted octanol–water partition coefficient (Wildman–Crippen LogP) is 2.34. The molecule has 2 rings (SSSR count). The van der Waals surface area contributed by atoms with Gasteiger partial charge in [-0.05, 0) is 24.0 Å². The molecular weight excluding hydrogens is 450 g/mol. The summed E-state index contributed by atoms with van der Waals surface area (Å²) in [7, 11) is 1.25. The number of esters is 1. The second-order valence-electron chi connectivity index (χ2n) is 8.43. The van der Waals surface area contributed by atoms with E-state index in [-0.39, 0.29) is 18.9 Å². The van der Waals surface area contributed by atoms with Gasteiger partial charge < -0.3 is 25.4 Å². The minimum atomic E-state index is -0.986. The van der Waals surface area contributed by atoms with E-state index >= 15 is 0 Å². The van der Waals surface area contributed by atoms with Gasteiger partial charge in [0, 0.05) is 6.42 Å². The Balaban J connectivity index is 2.03. The van der Waals surface area contributed by atoms with E-state index in [0.717, 1.165) is 11.1 Å². The number of methoxy groups -OCH3 is 1. The number of benzene rings is 2. The molecule has 0 aliphatic carbocycles. The van der Waals surface area contributed by atoms with Gasteiger partial charge in [-0.3, -0.25) is 9.59 Å². The third kappa shape index (κ3) is 9.11. The van der Waals surface area contributed by atoms with E-state index in [1.54, 1.807) is 13.8 Å². The summed E-state index contributed by atoms with van der Waals surface area (Å²) in [5, 5.41) is 7.81. The standard InChI is InChI=1S/C26H33N3O6/c1-17(2)22(25(32)34-4)29-24(31)21(15-19-11-7-5-8-12-19)28-23(30)18(3)27-26(33)35-16-20-13-9-6-10-14-20/h5-14,17-18,21-22H,15-16H2,1-4H3,(H,27,33)(H,28,30)(H,29,31)/t18-,21+,22+/m1/s1. The Labute approximate surface area is 205 Å². The molecule has 3 atom stereocenters. The lowest BCUT2D eigenvalue weighted by atomic mass is 10.0. The van der Waals surface area contributed by atoms with E-state index in [2.05, 4.69) is 16.0 Å². The maximum atomic E-state index is 13.1. The first-order chi connectivity index (χ1) is 16.7. The first kappa shape index (κ1) is 27.4. The Bertz CT molecular complexity index is 981. The van der Waals surface area contributed by atoms with E-state index in [4.69, 9.17) is 9.47 Å². The van der Waals surface area contributed by atoms with Crippen LogP contribution in [0.4, 0.5) is 4.79 Å². The summed E-state index contributed by atoms with van der Waals surface area (Å²) in [5.41, 5.74) is 1.62. The molecular formula is C26H33N3O6. The smallest absolute Gasteiger partial charge is 0.408 e. The molecule has 0 saturated heterocycles. The Morgan fingerprint density at radius 3 is 1.89 bits per heavy atom. The topological polar surface area (TPSA) is 123 Å². The number of nitrogens with one attached hydrogen (secondary N) is 3. The van der Waals surface area contributed by atoms with Crippen molar-refractivity contribution >= 4 is 23.9 Å². The van der Waals surface area contributed by atoms with Gasteiger partial charge >= 0.3 is 12.1 Å². The summed E-state index contributed by atoms with van der Waals surface area (Å²) in [5.74, 6) is -1.91. The summed E-state index contributed by atoms with van der Waals surface area (Å²) in [6.07, 6.45) is -0.568. The fraction of sp³-hybridized carbons (Fsp3) is 0.385. The molecule has 0 aliphatic rings. The molecule has 35 heavy (non-hydrogen) atoms. The highest BCUT2D eigenvalue weighted by molar-refractivity contribution is 5.93. The first-order valence-corrected chi connectivity index (χ1v) is 11.4. The van der Waals surface area contributed by atoms with Gasteiger partial charge in [0.05, 0.1) is 7.11 Å². The van der Waals surface area contributed by atoms with Gasteiger partial charge in [0.15, 0.2) is 0 Å². The zero-order valence-electron chi connectivity index (χ0n) is 20.4. The van der Waals surface area contributed by atoms with Gasteiger partial charge in [-0.15, -0.1) is 0 Å². The largest absolute Gasteiger partial charge is 0.467 e. The lowest BCUT2D eigenvalue weighted by Crippen LogP contribution is -2.56. The normalized spacial score (nSPS) is 13.2. The molecule has 0 spiro atoms. The van der Waals surface area contributed by atoms with Crippen LogP contribution in [0.15, 0.2) is 60.7 Å². The lowest BCUT2D eigenvalue weighted by molar-refractivity contribution is -0.146. The van der Waals surface area contributed by atoms with Crippen molar-refractivity contribution < 1.29 is 28.7 Å². The molecule has 0 aromatic heterocycles. The minimum absolute atomic E-state index is 0.0597. The maximum Gasteiger partial charge on any atom is 0.408 e. The summed E-state index contributed by atoms with van der Waals surface area (Å²) in [6, 6.07) is 15.5. The first-order valence-electron chi connectivity index (χ1n) is 11.4. The maximum absolute atomic E-state index is 13.1. The molecule has 0 fully saturated rings. The van der Waals surface area contributed by atoms with Crippen LogP contribution in [0.2, 0.25) is 0 Å². The van der Waals surface area contributed by atoms with Gasteiger partial charge in [0.2, 0.25) is 11.8 Å². The summed E-state index contributed by atoms with van der Waals surface area (Å²) < 4.78 is 9.94. The zero-order chi connectivity index (χ0) is 25.8. The van der Waals surface area contributed by atoms with E-state index in [1.165, 1.54) is 14.0 Å². The number of carbonyl (C=O) groups is 4. The van der Waals surface area contributed by atoms with Crippen LogP contribution in [0, 0.1) is 5.92 Å². The van der Waals surface area contributed by atoms with E-state index in [1.807, 2.05) is 60.7 Å². The summed E-state index contributed by atoms with van der Waals surface area (Å²) in [4.78, 5) is 50.1. The molecule has 0 aliphatic heterocycles. The Hall–Kier alpha value is -3.88. The summed E-state index contributed by atoms with van der Waals surface area (Å²) in [6.45, 7) is 5.10. The Kier molecular flexibility index (Phi) is 10.7. The molecule has 188 valence electrons. The molecule has 0 heterocycles. The van der Waals surface area contributed by atoms with Crippen LogP contribution in [-0.2, 0) is 36.9 Å². The Morgan fingerprint density at radius 2 is 1.34 bits per heavy atom. The molecule has 0 bridgehead atoms. The highest BCUT2D eigenvalue weighted by Gasteiger charge is 2.30. The quantitative estimate of drug-likeness (QED) is 0.422. The average molecular weight is 484 g/mol. The number of hydrogen-bond acceptors (Lipinski definition) is 6. The van der Waals surface area contributed by atoms with Gasteiger partial charge in [-0.2, -0.15) is 0 Å². The molecule has 9 nitrogen and oxygen atoms in total. The van der Waals surface area contributed by atoms with Crippen molar-refractivity contribution in [2.45, 2.75) is 51.9 Å². The third-order valence-electron chi connectivity index (χ3n) is 5.28. The van der Waals surface area contributed by atoms with Gasteiger partial charge in [-0.1, -0.05) is 74.5 Å². The molecule has 0 saturated carbocycles. The van der Waals surface area contributed by atoms with Crippen LogP contribution in [0.3, 0.4) is 0 Å². The van der Waals surface area contributed by atoms with Gasteiger partial charge in [0.1, 0.15) is 24.7 Å². The zero-order valence-corrected chi connectivity index (χ0v) is 20.4. The molecule has 3 N–H and O–H groups in total. The van der Waals surface area contributed by atoms with Crippen LogP contribution >= 0.6 is 0 Å². The van der Waals surface area contributed by atoms with E-state index in [0.29, 0.717) is 0 Å². The van der Waals surface area contributed by atoms with Crippen molar-refractivity contribution in [1.29, 1.82) is 0 Å². The van der Waals surface area contributed by atoms with Crippen molar-refractivity contribution in [3.05, 3.63) is 71.8 Å². The number of ether oxygens (including phenoxy) is 2.